The highest BCUT2D eigenvalue weighted by Gasteiger charge is 2.45. The molecule has 3 rings (SSSR count). The van der Waals surface area contributed by atoms with Crippen LogP contribution in [0.2, 0.25) is 0 Å². The maximum Gasteiger partial charge on any atom is 0.337 e. The summed E-state index contributed by atoms with van der Waals surface area (Å²) in [5, 5.41) is 1.69. The third-order valence-corrected chi connectivity index (χ3v) is 6.14. The molecule has 0 aliphatic carbocycles. The summed E-state index contributed by atoms with van der Waals surface area (Å²) in [5.74, 6) is -1.27. The van der Waals surface area contributed by atoms with E-state index >= 15 is 0 Å². The highest BCUT2D eigenvalue weighted by molar-refractivity contribution is 6.70. The van der Waals surface area contributed by atoms with Gasteiger partial charge in [-0.05, 0) is 36.4 Å². The number of carbonyl (C=O) groups is 2. The van der Waals surface area contributed by atoms with Gasteiger partial charge in [-0.15, -0.1) is 11.6 Å². The summed E-state index contributed by atoms with van der Waals surface area (Å²) < 4.78 is 17.6. The zero-order chi connectivity index (χ0) is 23.6. The molecule has 0 bridgehead atoms. The molecule has 1 saturated heterocycles. The van der Waals surface area contributed by atoms with Gasteiger partial charge < -0.3 is 10.1 Å². The average molecular weight is 522 g/mol. The molecule has 7 nitrogen and oxygen atoms in total. The predicted octanol–water partition coefficient (Wildman–Crippen LogP) is 5.05. The summed E-state index contributed by atoms with van der Waals surface area (Å²) in [6.45, 7) is 0. The van der Waals surface area contributed by atoms with Crippen LogP contribution in [0.25, 0.3) is 0 Å². The van der Waals surface area contributed by atoms with Gasteiger partial charge in [-0.3, -0.25) is 9.69 Å². The van der Waals surface area contributed by atoms with Crippen LogP contribution in [-0.4, -0.2) is 52.2 Å². The number of rotatable bonds is 6. The number of amides is 3. The van der Waals surface area contributed by atoms with Crippen molar-refractivity contribution in [3.63, 3.8) is 0 Å². The minimum atomic E-state index is -1.99. The number of alkyl halides is 4. The van der Waals surface area contributed by atoms with E-state index in [1.807, 2.05) is 0 Å². The van der Waals surface area contributed by atoms with Gasteiger partial charge in [0.25, 0.3) is 5.91 Å². The number of imide groups is 1. The van der Waals surface area contributed by atoms with Crippen molar-refractivity contribution < 1.29 is 18.7 Å². The van der Waals surface area contributed by atoms with Crippen LogP contribution in [0, 0.1) is 5.82 Å². The van der Waals surface area contributed by atoms with E-state index < -0.39 is 33.1 Å². The normalized spacial score (nSPS) is 17.7. The molecule has 1 aliphatic heterocycles. The molecule has 2 unspecified atom stereocenters. The second-order valence-electron chi connectivity index (χ2n) is 6.65. The minimum absolute atomic E-state index is 0.155. The molecular formula is C20H17Cl4FN4O3. The molecule has 2 aromatic rings. The van der Waals surface area contributed by atoms with Crippen LogP contribution in [-0.2, 0) is 4.79 Å². The molecule has 12 heteroatoms. The standard InChI is InChI=1S/C20H17Cl4FN4O3/c1-28-18(30)17(29(19(28)31)14-6-4-3-5-13(14)25)27-16(15(21)20(22,23)24)26-11-7-9-12(32-2)10-8-11/h3-10,15-16,26H,1-2H3. The predicted molar refractivity (Wildman–Crippen MR) is 125 cm³/mol. The van der Waals surface area contributed by atoms with Crippen LogP contribution in [0.3, 0.4) is 0 Å². The highest BCUT2D eigenvalue weighted by atomic mass is 35.6. The molecule has 0 aromatic heterocycles. The molecule has 2 atom stereocenters. The number of methoxy groups -OCH3 is 1. The van der Waals surface area contributed by atoms with Gasteiger partial charge in [0.2, 0.25) is 9.63 Å². The molecule has 1 fully saturated rings. The lowest BCUT2D eigenvalue weighted by molar-refractivity contribution is -0.119. The van der Waals surface area contributed by atoms with E-state index in [9.17, 15) is 14.0 Å². The van der Waals surface area contributed by atoms with E-state index in [-0.39, 0.29) is 11.5 Å². The van der Waals surface area contributed by atoms with Gasteiger partial charge in [0, 0.05) is 12.7 Å². The quantitative estimate of drug-likeness (QED) is 0.426. The topological polar surface area (TPSA) is 74.2 Å². The Morgan fingerprint density at radius 3 is 2.28 bits per heavy atom. The zero-order valence-corrected chi connectivity index (χ0v) is 19.8. The van der Waals surface area contributed by atoms with Crippen molar-refractivity contribution in [2.24, 2.45) is 4.99 Å². The van der Waals surface area contributed by atoms with E-state index in [4.69, 9.17) is 51.1 Å². The van der Waals surface area contributed by atoms with Gasteiger partial charge >= 0.3 is 6.03 Å². The summed E-state index contributed by atoms with van der Waals surface area (Å²) in [4.78, 5) is 31.4. The van der Waals surface area contributed by atoms with Gasteiger partial charge in [-0.1, -0.05) is 46.9 Å². The Morgan fingerprint density at radius 1 is 1.09 bits per heavy atom. The van der Waals surface area contributed by atoms with Crippen LogP contribution in [0.15, 0.2) is 53.5 Å². The summed E-state index contributed by atoms with van der Waals surface area (Å²) >= 11 is 24.3. The maximum atomic E-state index is 14.5. The van der Waals surface area contributed by atoms with Gasteiger partial charge in [0.15, 0.2) is 0 Å². The Kier molecular flexibility index (Phi) is 7.39. The van der Waals surface area contributed by atoms with Crippen LogP contribution in [0.5, 0.6) is 5.75 Å². The van der Waals surface area contributed by atoms with Gasteiger partial charge in [0.1, 0.15) is 23.1 Å². The van der Waals surface area contributed by atoms with Crippen molar-refractivity contribution in [3.8, 4) is 5.75 Å². The van der Waals surface area contributed by atoms with Crippen LogP contribution < -0.4 is 15.0 Å². The zero-order valence-electron chi connectivity index (χ0n) is 16.7. The molecule has 1 aliphatic rings. The Hall–Kier alpha value is -2.26. The molecule has 3 amide bonds. The van der Waals surface area contributed by atoms with Crippen LogP contribution in [0.4, 0.5) is 20.6 Å². The first kappa shape index (κ1) is 24.4. The minimum Gasteiger partial charge on any atom is -0.497 e. The average Bonchev–Trinajstić information content (AvgIpc) is 2.96. The number of benzene rings is 2. The highest BCUT2D eigenvalue weighted by Crippen LogP contribution is 2.37. The molecular weight excluding hydrogens is 505 g/mol. The number of urea groups is 1. The number of para-hydroxylation sites is 1. The molecule has 0 saturated carbocycles. The second-order valence-corrected chi connectivity index (χ2v) is 9.49. The van der Waals surface area contributed by atoms with Crippen molar-refractivity contribution in [1.82, 2.24) is 4.90 Å². The Morgan fingerprint density at radius 2 is 1.72 bits per heavy atom. The van der Waals surface area contributed by atoms with E-state index in [0.717, 1.165) is 15.9 Å². The second kappa shape index (κ2) is 9.70. The monoisotopic (exact) mass is 520 g/mol. The summed E-state index contributed by atoms with van der Waals surface area (Å²) in [6.07, 6.45) is -1.19. The number of hydrogen-bond acceptors (Lipinski definition) is 5. The number of nitrogens with one attached hydrogen (secondary N) is 1. The largest absolute Gasteiger partial charge is 0.497 e. The van der Waals surface area contributed by atoms with Gasteiger partial charge in [-0.25, -0.2) is 19.1 Å². The molecule has 1 heterocycles. The molecule has 170 valence electrons. The third-order valence-electron chi connectivity index (χ3n) is 4.54. The number of carbonyl (C=O) groups excluding carboxylic acids is 2. The molecule has 0 spiro atoms. The number of anilines is 2. The summed E-state index contributed by atoms with van der Waals surface area (Å²) in [6, 6.07) is 11.4. The van der Waals surface area contributed by atoms with Crippen molar-refractivity contribution in [2.75, 3.05) is 24.4 Å². The van der Waals surface area contributed by atoms with E-state index in [1.165, 1.54) is 32.4 Å². The van der Waals surface area contributed by atoms with E-state index in [2.05, 4.69) is 10.3 Å². The fourth-order valence-corrected chi connectivity index (χ4v) is 3.35. The van der Waals surface area contributed by atoms with Crippen molar-refractivity contribution in [2.45, 2.75) is 15.3 Å². The lowest BCUT2D eigenvalue weighted by atomic mass is 10.2. The van der Waals surface area contributed by atoms with Crippen LogP contribution >= 0.6 is 46.4 Å². The third kappa shape index (κ3) is 5.04. The lowest BCUT2D eigenvalue weighted by Gasteiger charge is -2.27. The van der Waals surface area contributed by atoms with Crippen LogP contribution in [0.1, 0.15) is 0 Å². The van der Waals surface area contributed by atoms with Crippen molar-refractivity contribution >= 4 is 75.6 Å². The number of ether oxygens (including phenoxy) is 1. The van der Waals surface area contributed by atoms with Crippen molar-refractivity contribution in [1.29, 1.82) is 0 Å². The lowest BCUT2D eigenvalue weighted by Crippen LogP contribution is -2.40. The first-order chi connectivity index (χ1) is 15.0. The van der Waals surface area contributed by atoms with Gasteiger partial charge in [0.05, 0.1) is 12.8 Å². The summed E-state index contributed by atoms with van der Waals surface area (Å²) in [5.41, 5.74) is 0.361. The first-order valence-corrected chi connectivity index (χ1v) is 10.7. The molecule has 1 N–H and O–H groups in total. The molecule has 0 radical (unpaired) electrons. The van der Waals surface area contributed by atoms with Gasteiger partial charge in [-0.2, -0.15) is 0 Å². The Bertz CT molecular complexity index is 1050. The van der Waals surface area contributed by atoms with E-state index in [0.29, 0.717) is 11.4 Å². The van der Waals surface area contributed by atoms with Crippen molar-refractivity contribution in [3.05, 3.63) is 54.3 Å². The Labute approximate surface area is 203 Å². The number of likely N-dealkylation sites (N-methyl/N-ethyl adjacent to an activating group) is 1. The summed E-state index contributed by atoms with van der Waals surface area (Å²) in [7, 11) is 2.77. The Balaban J connectivity index is 2.07. The SMILES string of the molecule is COc1ccc(NC(N=C2C(=O)N(C)C(=O)N2c2ccccc2F)C(Cl)C(Cl)(Cl)Cl)cc1. The maximum absolute atomic E-state index is 14.5. The van der Waals surface area contributed by atoms with E-state index in [1.54, 1.807) is 24.3 Å². The molecule has 2 aromatic carbocycles. The molecule has 32 heavy (non-hydrogen) atoms. The first-order valence-electron chi connectivity index (χ1n) is 9.10. The fourth-order valence-electron chi connectivity index (χ4n) is 2.88. The number of amidine groups is 1. The number of halogens is 5. The number of nitrogens with zero attached hydrogens (tertiary/aromatic N) is 3. The number of aliphatic imine (C=N–C) groups is 1. The smallest absolute Gasteiger partial charge is 0.337 e. The number of hydrogen-bond donors (Lipinski definition) is 1. The fraction of sp³-hybridized carbons (Fsp3) is 0.250.